The van der Waals surface area contributed by atoms with Gasteiger partial charge in [0.05, 0.1) is 34.3 Å². The Morgan fingerprint density at radius 2 is 2.28 bits per heavy atom. The van der Waals surface area contributed by atoms with Crippen LogP contribution >= 0.6 is 11.6 Å². The fourth-order valence-corrected chi connectivity index (χ4v) is 5.74. The zero-order chi connectivity index (χ0) is 17.6. The van der Waals surface area contributed by atoms with Gasteiger partial charge in [0.2, 0.25) is 5.91 Å². The predicted molar refractivity (Wildman–Crippen MR) is 89.8 cm³/mol. The van der Waals surface area contributed by atoms with Crippen molar-refractivity contribution in [2.24, 2.45) is 17.6 Å². The van der Waals surface area contributed by atoms with Crippen LogP contribution in [-0.2, 0) is 14.3 Å². The summed E-state index contributed by atoms with van der Waals surface area (Å²) in [6.07, 6.45) is 1.01. The largest absolute Gasteiger partial charge is 0.366 e. The van der Waals surface area contributed by atoms with Gasteiger partial charge in [0.1, 0.15) is 12.3 Å². The first-order valence-corrected chi connectivity index (χ1v) is 8.89. The van der Waals surface area contributed by atoms with E-state index in [0.29, 0.717) is 29.3 Å². The third-order valence-electron chi connectivity index (χ3n) is 6.46. The van der Waals surface area contributed by atoms with Crippen LogP contribution in [0, 0.1) is 23.2 Å². The lowest BCUT2D eigenvalue weighted by molar-refractivity contribution is -0.142. The average Bonchev–Trinajstić information content (AvgIpc) is 3.11. The van der Waals surface area contributed by atoms with Crippen molar-refractivity contribution < 1.29 is 14.3 Å². The zero-order valence-corrected chi connectivity index (χ0v) is 14.5. The monoisotopic (exact) mass is 359 g/mol. The highest BCUT2D eigenvalue weighted by Gasteiger charge is 2.77. The molecular formula is C18H18ClN3O3. The number of nitriles is 1. The van der Waals surface area contributed by atoms with E-state index in [0.717, 1.165) is 6.42 Å². The quantitative estimate of drug-likeness (QED) is 0.825. The number of nitrogens with zero attached hydrogens (tertiary/aromatic N) is 2. The number of fused-ring (bicyclic) bond motifs is 2. The minimum atomic E-state index is -0.543. The van der Waals surface area contributed by atoms with Gasteiger partial charge in [-0.25, -0.2) is 0 Å². The van der Waals surface area contributed by atoms with Crippen molar-refractivity contribution in [3.8, 4) is 6.07 Å². The number of nitrogens with two attached hydrogens (primary N) is 1. The third-order valence-corrected chi connectivity index (χ3v) is 6.77. The molecule has 0 radical (unpaired) electrons. The molecular weight excluding hydrogens is 342 g/mol. The summed E-state index contributed by atoms with van der Waals surface area (Å²) < 4.78 is 12.4. The fourth-order valence-electron chi connectivity index (χ4n) is 5.52. The van der Waals surface area contributed by atoms with Crippen molar-refractivity contribution in [2.75, 3.05) is 11.5 Å². The molecule has 4 aliphatic heterocycles. The number of ether oxygens (including phenoxy) is 2. The molecule has 1 amide bonds. The number of anilines is 1. The van der Waals surface area contributed by atoms with Crippen molar-refractivity contribution in [3.05, 3.63) is 28.8 Å². The van der Waals surface area contributed by atoms with Crippen molar-refractivity contribution in [3.63, 3.8) is 0 Å². The highest BCUT2D eigenvalue weighted by atomic mass is 35.5. The Balaban J connectivity index is 1.62. The molecule has 1 aromatic rings. The highest BCUT2D eigenvalue weighted by Crippen LogP contribution is 2.64. The lowest BCUT2D eigenvalue weighted by atomic mass is 9.64. The van der Waals surface area contributed by atoms with E-state index in [2.05, 4.69) is 0 Å². The minimum Gasteiger partial charge on any atom is -0.366 e. The van der Waals surface area contributed by atoms with E-state index in [1.807, 2.05) is 13.0 Å². The van der Waals surface area contributed by atoms with E-state index >= 15 is 0 Å². The maximum absolute atomic E-state index is 13.3. The number of carbonyl (C=O) groups is 1. The third kappa shape index (κ3) is 1.72. The van der Waals surface area contributed by atoms with Crippen LogP contribution in [0.3, 0.4) is 0 Å². The van der Waals surface area contributed by atoms with Gasteiger partial charge in [0.15, 0.2) is 0 Å². The fraction of sp³-hybridized carbons (Fsp3) is 0.556. The molecule has 5 rings (SSSR count). The number of amides is 1. The second kappa shape index (κ2) is 4.74. The molecule has 7 heteroatoms. The maximum atomic E-state index is 13.3. The van der Waals surface area contributed by atoms with E-state index in [4.69, 9.17) is 32.1 Å². The number of hydrogen-bond donors (Lipinski definition) is 1. The van der Waals surface area contributed by atoms with Crippen LogP contribution in [-0.4, -0.2) is 36.0 Å². The van der Waals surface area contributed by atoms with E-state index in [9.17, 15) is 4.79 Å². The first kappa shape index (κ1) is 15.6. The second-order valence-corrected chi connectivity index (χ2v) is 8.09. The molecule has 2 bridgehead atoms. The summed E-state index contributed by atoms with van der Waals surface area (Å²) >= 11 is 6.18. The standard InChI is InChI=1S/C18H18ClN3O3/c1-17-7-12(21)18(25-17)4-5-24-16-14(18)13(17)15(23)22(16)10-3-2-9(8-20)11(19)6-10/h2-3,6,12-14,16H,4-5,7,21H2,1H3/t12-,13+,14-,16-,17+,18-/m0/s1. The Hall–Kier alpha value is -1.65. The first-order chi connectivity index (χ1) is 11.9. The topological polar surface area (TPSA) is 88.6 Å². The van der Waals surface area contributed by atoms with E-state index in [1.54, 1.807) is 23.1 Å². The molecule has 4 aliphatic rings. The van der Waals surface area contributed by atoms with Crippen LogP contribution in [0.15, 0.2) is 18.2 Å². The van der Waals surface area contributed by atoms with Gasteiger partial charge in [-0.3, -0.25) is 9.69 Å². The summed E-state index contributed by atoms with van der Waals surface area (Å²) in [5.74, 6) is -0.335. The number of hydrogen-bond acceptors (Lipinski definition) is 5. The van der Waals surface area contributed by atoms with Crippen LogP contribution in [0.2, 0.25) is 5.02 Å². The molecule has 1 spiro atoms. The Bertz CT molecular complexity index is 839. The van der Waals surface area contributed by atoms with E-state index < -0.39 is 17.4 Å². The molecule has 4 fully saturated rings. The molecule has 25 heavy (non-hydrogen) atoms. The summed E-state index contributed by atoms with van der Waals surface area (Å²) in [4.78, 5) is 15.0. The zero-order valence-electron chi connectivity index (χ0n) is 13.7. The summed E-state index contributed by atoms with van der Waals surface area (Å²) in [6, 6.07) is 7.00. The molecule has 6 atom stereocenters. The van der Waals surface area contributed by atoms with Crippen molar-refractivity contribution in [2.45, 2.75) is 43.2 Å². The molecule has 2 N–H and O–H groups in total. The maximum Gasteiger partial charge on any atom is 0.235 e. The number of benzene rings is 1. The smallest absolute Gasteiger partial charge is 0.235 e. The molecule has 0 saturated carbocycles. The normalized spacial score (nSPS) is 44.1. The van der Waals surface area contributed by atoms with Gasteiger partial charge in [-0.05, 0) is 31.5 Å². The number of carbonyl (C=O) groups excluding carboxylic acids is 1. The van der Waals surface area contributed by atoms with Crippen LogP contribution in [0.1, 0.15) is 25.3 Å². The molecule has 0 unspecified atom stereocenters. The molecule has 6 nitrogen and oxygen atoms in total. The average molecular weight is 360 g/mol. The lowest BCUT2D eigenvalue weighted by Crippen LogP contribution is -2.59. The Morgan fingerprint density at radius 1 is 1.48 bits per heavy atom. The van der Waals surface area contributed by atoms with Crippen molar-refractivity contribution in [1.29, 1.82) is 5.26 Å². The molecule has 1 aromatic carbocycles. The summed E-state index contributed by atoms with van der Waals surface area (Å²) in [6.45, 7) is 2.50. The number of rotatable bonds is 1. The molecule has 4 heterocycles. The Kier molecular flexibility index (Phi) is 2.96. The van der Waals surface area contributed by atoms with Crippen molar-refractivity contribution in [1.82, 2.24) is 0 Å². The van der Waals surface area contributed by atoms with Gasteiger partial charge in [-0.1, -0.05) is 11.6 Å². The number of halogens is 1. The second-order valence-electron chi connectivity index (χ2n) is 7.68. The molecule has 130 valence electrons. The molecule has 4 saturated heterocycles. The molecule has 0 aromatic heterocycles. The van der Waals surface area contributed by atoms with Gasteiger partial charge in [0, 0.05) is 24.1 Å². The Labute approximate surface area is 150 Å². The Morgan fingerprint density at radius 3 is 3.00 bits per heavy atom. The van der Waals surface area contributed by atoms with Gasteiger partial charge >= 0.3 is 0 Å². The molecule has 0 aliphatic carbocycles. The first-order valence-electron chi connectivity index (χ1n) is 8.51. The van der Waals surface area contributed by atoms with Gasteiger partial charge in [-0.2, -0.15) is 5.26 Å². The van der Waals surface area contributed by atoms with Crippen molar-refractivity contribution >= 4 is 23.2 Å². The van der Waals surface area contributed by atoms with E-state index in [1.165, 1.54) is 0 Å². The summed E-state index contributed by atoms with van der Waals surface area (Å²) in [5.41, 5.74) is 6.44. The summed E-state index contributed by atoms with van der Waals surface area (Å²) in [5, 5.41) is 9.40. The minimum absolute atomic E-state index is 0.00560. The highest BCUT2D eigenvalue weighted by molar-refractivity contribution is 6.32. The predicted octanol–water partition coefficient (Wildman–Crippen LogP) is 1.80. The van der Waals surface area contributed by atoms with Crippen LogP contribution in [0.25, 0.3) is 0 Å². The van der Waals surface area contributed by atoms with Gasteiger partial charge < -0.3 is 15.2 Å². The lowest BCUT2D eigenvalue weighted by Gasteiger charge is -2.44. The van der Waals surface area contributed by atoms with Crippen LogP contribution < -0.4 is 10.6 Å². The van der Waals surface area contributed by atoms with Crippen LogP contribution in [0.5, 0.6) is 0 Å². The van der Waals surface area contributed by atoms with Gasteiger partial charge in [-0.15, -0.1) is 0 Å². The van der Waals surface area contributed by atoms with E-state index in [-0.39, 0.29) is 23.8 Å². The SMILES string of the molecule is C[C@@]12C[C@H](N)[C@]3(CCO[C@H]4[C@@H]3[C@@H]1C(=O)N4c1ccc(C#N)c(Cl)c1)O2. The summed E-state index contributed by atoms with van der Waals surface area (Å²) in [7, 11) is 0. The van der Waals surface area contributed by atoms with Gasteiger partial charge in [0.25, 0.3) is 0 Å². The van der Waals surface area contributed by atoms with Crippen LogP contribution in [0.4, 0.5) is 5.69 Å².